The third-order valence-electron chi connectivity index (χ3n) is 5.99. The van der Waals surface area contributed by atoms with Gasteiger partial charge in [-0.15, -0.1) is 0 Å². The standard InChI is InChI=1S/C25H32N2O5/c1-17-10-11-18(2)24(19(17)3)32-16-22(28)26-12-7-13-27(15-14-26)25(29)23-20(30-4)8-6-9-21(23)31-5/h6,8-11H,7,12-16H2,1-5H3. The van der Waals surface area contributed by atoms with E-state index in [9.17, 15) is 9.59 Å². The number of benzene rings is 2. The fraction of sp³-hybridized carbons (Fsp3) is 0.440. The third-order valence-corrected chi connectivity index (χ3v) is 5.99. The quantitative estimate of drug-likeness (QED) is 0.689. The van der Waals surface area contributed by atoms with Crippen LogP contribution < -0.4 is 14.2 Å². The van der Waals surface area contributed by atoms with Crippen molar-refractivity contribution >= 4 is 11.8 Å². The number of amides is 2. The molecule has 0 unspecified atom stereocenters. The molecule has 2 aromatic carbocycles. The summed E-state index contributed by atoms with van der Waals surface area (Å²) in [7, 11) is 3.07. The zero-order valence-corrected chi connectivity index (χ0v) is 19.6. The van der Waals surface area contributed by atoms with Crippen molar-refractivity contribution < 1.29 is 23.8 Å². The lowest BCUT2D eigenvalue weighted by Gasteiger charge is -2.24. The zero-order chi connectivity index (χ0) is 23.3. The largest absolute Gasteiger partial charge is 0.496 e. The lowest BCUT2D eigenvalue weighted by molar-refractivity contribution is -0.133. The molecule has 1 aliphatic rings. The Kier molecular flexibility index (Phi) is 7.62. The Bertz CT molecular complexity index is 966. The van der Waals surface area contributed by atoms with E-state index in [0.29, 0.717) is 49.7 Å². The summed E-state index contributed by atoms with van der Waals surface area (Å²) < 4.78 is 16.7. The number of ether oxygens (including phenoxy) is 3. The number of aryl methyl sites for hydroxylation is 2. The van der Waals surface area contributed by atoms with Gasteiger partial charge in [0.2, 0.25) is 0 Å². The van der Waals surface area contributed by atoms with E-state index >= 15 is 0 Å². The first-order chi connectivity index (χ1) is 15.4. The van der Waals surface area contributed by atoms with E-state index in [1.807, 2.05) is 26.8 Å². The van der Waals surface area contributed by atoms with Crippen LogP contribution in [0.1, 0.15) is 33.5 Å². The first kappa shape index (κ1) is 23.4. The minimum atomic E-state index is -0.157. The molecule has 1 saturated heterocycles. The predicted octanol–water partition coefficient (Wildman–Crippen LogP) is 3.38. The van der Waals surface area contributed by atoms with Gasteiger partial charge < -0.3 is 24.0 Å². The summed E-state index contributed by atoms with van der Waals surface area (Å²) in [4.78, 5) is 29.6. The van der Waals surface area contributed by atoms with E-state index < -0.39 is 0 Å². The van der Waals surface area contributed by atoms with Gasteiger partial charge in [-0.3, -0.25) is 9.59 Å². The van der Waals surface area contributed by atoms with Crippen LogP contribution in [0.3, 0.4) is 0 Å². The molecular weight excluding hydrogens is 408 g/mol. The highest BCUT2D eigenvalue weighted by atomic mass is 16.5. The second kappa shape index (κ2) is 10.4. The molecule has 3 rings (SSSR count). The molecule has 0 aromatic heterocycles. The summed E-state index contributed by atoms with van der Waals surface area (Å²) in [6.45, 7) is 8.03. The Morgan fingerprint density at radius 1 is 0.844 bits per heavy atom. The van der Waals surface area contributed by atoms with Crippen molar-refractivity contribution in [2.45, 2.75) is 27.2 Å². The topological polar surface area (TPSA) is 68.3 Å². The Hall–Kier alpha value is -3.22. The van der Waals surface area contributed by atoms with E-state index in [2.05, 4.69) is 6.07 Å². The van der Waals surface area contributed by atoms with Gasteiger partial charge in [-0.2, -0.15) is 0 Å². The Balaban J connectivity index is 1.65. The van der Waals surface area contributed by atoms with Crippen molar-refractivity contribution in [1.29, 1.82) is 0 Å². The van der Waals surface area contributed by atoms with Crippen LogP contribution in [0.5, 0.6) is 17.2 Å². The van der Waals surface area contributed by atoms with Crippen molar-refractivity contribution in [2.75, 3.05) is 47.0 Å². The van der Waals surface area contributed by atoms with Crippen LogP contribution in [-0.4, -0.2) is 68.6 Å². The van der Waals surface area contributed by atoms with Crippen molar-refractivity contribution in [3.63, 3.8) is 0 Å². The lowest BCUT2D eigenvalue weighted by Crippen LogP contribution is -2.39. The first-order valence-electron chi connectivity index (χ1n) is 10.8. The maximum atomic E-state index is 13.2. The van der Waals surface area contributed by atoms with Gasteiger partial charge in [0.15, 0.2) is 6.61 Å². The highest BCUT2D eigenvalue weighted by Gasteiger charge is 2.27. The number of carbonyl (C=O) groups is 2. The van der Waals surface area contributed by atoms with Gasteiger partial charge in [-0.05, 0) is 56.0 Å². The maximum absolute atomic E-state index is 13.2. The summed E-state index contributed by atoms with van der Waals surface area (Å²) >= 11 is 0. The summed E-state index contributed by atoms with van der Waals surface area (Å²) in [5.41, 5.74) is 3.61. The molecule has 0 atom stereocenters. The van der Waals surface area contributed by atoms with Crippen LogP contribution >= 0.6 is 0 Å². The normalized spacial score (nSPS) is 14.0. The van der Waals surface area contributed by atoms with Crippen molar-refractivity contribution in [2.24, 2.45) is 0 Å². The average molecular weight is 441 g/mol. The Morgan fingerprint density at radius 3 is 2.09 bits per heavy atom. The molecule has 7 nitrogen and oxygen atoms in total. The zero-order valence-electron chi connectivity index (χ0n) is 19.6. The smallest absolute Gasteiger partial charge is 0.261 e. The van der Waals surface area contributed by atoms with E-state index in [-0.39, 0.29) is 18.4 Å². The highest BCUT2D eigenvalue weighted by Crippen LogP contribution is 2.30. The minimum Gasteiger partial charge on any atom is -0.496 e. The van der Waals surface area contributed by atoms with Crippen LogP contribution in [0.2, 0.25) is 0 Å². The minimum absolute atomic E-state index is 0.0145. The van der Waals surface area contributed by atoms with Gasteiger partial charge >= 0.3 is 0 Å². The van der Waals surface area contributed by atoms with Crippen molar-refractivity contribution in [1.82, 2.24) is 9.80 Å². The third kappa shape index (κ3) is 4.98. The first-order valence-corrected chi connectivity index (χ1v) is 10.8. The molecule has 7 heteroatoms. The van der Waals surface area contributed by atoms with Crippen LogP contribution in [0.4, 0.5) is 0 Å². The van der Waals surface area contributed by atoms with Crippen molar-refractivity contribution in [3.05, 3.63) is 52.6 Å². The van der Waals surface area contributed by atoms with Gasteiger partial charge in [-0.1, -0.05) is 18.2 Å². The van der Waals surface area contributed by atoms with Crippen LogP contribution in [0.25, 0.3) is 0 Å². The van der Waals surface area contributed by atoms with Crippen LogP contribution in [0.15, 0.2) is 30.3 Å². The van der Waals surface area contributed by atoms with E-state index in [0.717, 1.165) is 22.4 Å². The monoisotopic (exact) mass is 440 g/mol. The molecule has 0 N–H and O–H groups in total. The molecule has 2 aromatic rings. The van der Waals surface area contributed by atoms with Gasteiger partial charge in [-0.25, -0.2) is 0 Å². The molecule has 0 aliphatic carbocycles. The Morgan fingerprint density at radius 2 is 1.44 bits per heavy atom. The number of carbonyl (C=O) groups excluding carboxylic acids is 2. The van der Waals surface area contributed by atoms with Crippen molar-refractivity contribution in [3.8, 4) is 17.2 Å². The molecule has 0 spiro atoms. The molecular formula is C25H32N2O5. The molecule has 1 fully saturated rings. The predicted molar refractivity (Wildman–Crippen MR) is 123 cm³/mol. The van der Waals surface area contributed by atoms with Gasteiger partial charge in [0.1, 0.15) is 22.8 Å². The number of rotatable bonds is 6. The molecule has 1 aliphatic heterocycles. The molecule has 0 bridgehead atoms. The number of nitrogens with zero attached hydrogens (tertiary/aromatic N) is 2. The maximum Gasteiger partial charge on any atom is 0.261 e. The fourth-order valence-electron chi connectivity index (χ4n) is 3.96. The molecule has 2 amide bonds. The summed E-state index contributed by atoms with van der Waals surface area (Å²) in [6, 6.07) is 9.33. The average Bonchev–Trinajstić information content (AvgIpc) is 3.06. The number of hydrogen-bond acceptors (Lipinski definition) is 5. The molecule has 0 saturated carbocycles. The highest BCUT2D eigenvalue weighted by molar-refractivity contribution is 5.99. The molecule has 1 heterocycles. The van der Waals surface area contributed by atoms with Crippen LogP contribution in [-0.2, 0) is 4.79 Å². The van der Waals surface area contributed by atoms with Gasteiger partial charge in [0.25, 0.3) is 11.8 Å². The van der Waals surface area contributed by atoms with Gasteiger partial charge in [0.05, 0.1) is 14.2 Å². The Labute approximate surface area is 189 Å². The molecule has 32 heavy (non-hydrogen) atoms. The lowest BCUT2D eigenvalue weighted by atomic mass is 10.1. The number of hydrogen-bond donors (Lipinski definition) is 0. The van der Waals surface area contributed by atoms with Crippen LogP contribution in [0, 0.1) is 20.8 Å². The second-order valence-electron chi connectivity index (χ2n) is 8.01. The molecule has 0 radical (unpaired) electrons. The van der Waals surface area contributed by atoms with Gasteiger partial charge in [0, 0.05) is 26.2 Å². The summed E-state index contributed by atoms with van der Waals surface area (Å²) in [5, 5.41) is 0. The van der Waals surface area contributed by atoms with E-state index in [1.165, 1.54) is 14.2 Å². The number of methoxy groups -OCH3 is 2. The van der Waals surface area contributed by atoms with E-state index in [4.69, 9.17) is 14.2 Å². The summed E-state index contributed by atoms with van der Waals surface area (Å²) in [5.74, 6) is 1.49. The summed E-state index contributed by atoms with van der Waals surface area (Å²) in [6.07, 6.45) is 0.692. The fourth-order valence-corrected chi connectivity index (χ4v) is 3.96. The second-order valence-corrected chi connectivity index (χ2v) is 8.01. The van der Waals surface area contributed by atoms with E-state index in [1.54, 1.807) is 28.0 Å². The SMILES string of the molecule is COc1cccc(OC)c1C(=O)N1CCCN(C(=O)COc2c(C)ccc(C)c2C)CC1. The molecule has 172 valence electrons.